The number of hydrogen-bond acceptors (Lipinski definition) is 6. The zero-order valence-corrected chi connectivity index (χ0v) is 18.6. The maximum atomic E-state index is 13.2. The highest BCUT2D eigenvalue weighted by Gasteiger charge is 2.30. The van der Waals surface area contributed by atoms with Gasteiger partial charge in [0.05, 0.1) is 18.4 Å². The molecule has 160 valence electrons. The molecule has 1 fully saturated rings. The van der Waals surface area contributed by atoms with Gasteiger partial charge >= 0.3 is 0 Å². The molecule has 7 heteroatoms. The van der Waals surface area contributed by atoms with Crippen molar-refractivity contribution in [2.45, 2.75) is 32.7 Å². The summed E-state index contributed by atoms with van der Waals surface area (Å²) in [5.74, 6) is 0.187. The number of aryl methyl sites for hydroxylation is 2. The second-order valence-electron chi connectivity index (χ2n) is 7.78. The number of amides is 1. The molecule has 4 N–H and O–H groups in total. The summed E-state index contributed by atoms with van der Waals surface area (Å²) in [5, 5.41) is 6.86. The van der Waals surface area contributed by atoms with Crippen LogP contribution in [0.15, 0.2) is 42.5 Å². The van der Waals surface area contributed by atoms with Gasteiger partial charge in [-0.25, -0.2) is 0 Å². The second kappa shape index (κ2) is 8.43. The Morgan fingerprint density at radius 2 is 1.77 bits per heavy atom. The van der Waals surface area contributed by atoms with E-state index in [2.05, 4.69) is 10.6 Å². The van der Waals surface area contributed by atoms with Crippen molar-refractivity contribution in [2.24, 2.45) is 0 Å². The minimum atomic E-state index is -0.253. The van der Waals surface area contributed by atoms with Gasteiger partial charge in [-0.2, -0.15) is 0 Å². The standard InChI is InChI=1S/C24H25N3O3S/c1-13-4-7-17(12-14(13)2)27-24-19(23(29)26-16-8-9-16)20(25)22(31-24)21(28)15-5-10-18(30-3)11-6-15/h4-7,10-12,16,27H,8-9,25H2,1-3H3,(H,26,29). The van der Waals surface area contributed by atoms with Gasteiger partial charge in [0.1, 0.15) is 15.6 Å². The Morgan fingerprint density at radius 3 is 2.39 bits per heavy atom. The highest BCUT2D eigenvalue weighted by Crippen LogP contribution is 2.39. The van der Waals surface area contributed by atoms with E-state index in [4.69, 9.17) is 10.5 Å². The largest absolute Gasteiger partial charge is 0.497 e. The molecule has 0 aliphatic heterocycles. The number of rotatable bonds is 7. The maximum absolute atomic E-state index is 13.2. The zero-order chi connectivity index (χ0) is 22.1. The fraction of sp³-hybridized carbons (Fsp3) is 0.250. The zero-order valence-electron chi connectivity index (χ0n) is 17.7. The molecule has 0 atom stereocenters. The highest BCUT2D eigenvalue weighted by molar-refractivity contribution is 7.19. The molecule has 3 aromatic rings. The van der Waals surface area contributed by atoms with Crippen LogP contribution in [0, 0.1) is 13.8 Å². The van der Waals surface area contributed by atoms with E-state index in [0.717, 1.165) is 24.1 Å². The van der Waals surface area contributed by atoms with E-state index in [1.54, 1.807) is 31.4 Å². The Labute approximate surface area is 185 Å². The minimum Gasteiger partial charge on any atom is -0.497 e. The van der Waals surface area contributed by atoms with Crippen LogP contribution in [-0.2, 0) is 0 Å². The summed E-state index contributed by atoms with van der Waals surface area (Å²) >= 11 is 1.20. The van der Waals surface area contributed by atoms with Crippen LogP contribution in [0.1, 0.15) is 49.6 Å². The molecule has 1 aliphatic carbocycles. The summed E-state index contributed by atoms with van der Waals surface area (Å²) in [7, 11) is 1.57. The van der Waals surface area contributed by atoms with Crippen LogP contribution in [0.25, 0.3) is 0 Å². The summed E-state index contributed by atoms with van der Waals surface area (Å²) in [6.07, 6.45) is 1.93. The monoisotopic (exact) mass is 435 g/mol. The first kappa shape index (κ1) is 20.9. The van der Waals surface area contributed by atoms with Gasteiger partial charge in [0.15, 0.2) is 0 Å². The van der Waals surface area contributed by atoms with E-state index in [1.807, 2.05) is 32.0 Å². The lowest BCUT2D eigenvalue weighted by molar-refractivity contribution is 0.0953. The van der Waals surface area contributed by atoms with Crippen molar-refractivity contribution in [2.75, 3.05) is 18.2 Å². The van der Waals surface area contributed by atoms with Crippen LogP contribution >= 0.6 is 11.3 Å². The van der Waals surface area contributed by atoms with Crippen LogP contribution in [-0.4, -0.2) is 24.8 Å². The number of hydrogen-bond donors (Lipinski definition) is 3. The molecular formula is C24H25N3O3S. The number of carbonyl (C=O) groups is 2. The number of ether oxygens (including phenoxy) is 1. The summed E-state index contributed by atoms with van der Waals surface area (Å²) < 4.78 is 5.16. The molecule has 1 heterocycles. The average Bonchev–Trinajstić information content (AvgIpc) is 3.51. The average molecular weight is 436 g/mol. The third-order valence-electron chi connectivity index (χ3n) is 5.41. The molecule has 1 aliphatic rings. The molecule has 1 amide bonds. The SMILES string of the molecule is COc1ccc(C(=O)c2sc(Nc3ccc(C)c(C)c3)c(C(=O)NC3CC3)c2N)cc1. The van der Waals surface area contributed by atoms with Gasteiger partial charge in [-0.05, 0) is 74.2 Å². The van der Waals surface area contributed by atoms with Crippen LogP contribution in [0.5, 0.6) is 5.75 Å². The first-order chi connectivity index (χ1) is 14.9. The number of nitrogen functional groups attached to an aromatic ring is 1. The third kappa shape index (κ3) is 4.41. The fourth-order valence-electron chi connectivity index (χ4n) is 3.24. The molecule has 0 radical (unpaired) electrons. The highest BCUT2D eigenvalue weighted by atomic mass is 32.1. The van der Waals surface area contributed by atoms with Gasteiger partial charge in [0, 0.05) is 17.3 Å². The lowest BCUT2D eigenvalue weighted by Gasteiger charge is -2.10. The Morgan fingerprint density at radius 1 is 1.06 bits per heavy atom. The van der Waals surface area contributed by atoms with E-state index in [0.29, 0.717) is 26.8 Å². The molecule has 0 saturated heterocycles. The van der Waals surface area contributed by atoms with Crippen molar-refractivity contribution in [3.8, 4) is 5.75 Å². The van der Waals surface area contributed by atoms with E-state index >= 15 is 0 Å². The van der Waals surface area contributed by atoms with Crippen molar-refractivity contribution in [1.29, 1.82) is 0 Å². The van der Waals surface area contributed by atoms with Gasteiger partial charge in [0.2, 0.25) is 5.78 Å². The molecule has 4 rings (SSSR count). The number of methoxy groups -OCH3 is 1. The van der Waals surface area contributed by atoms with E-state index in [-0.39, 0.29) is 23.4 Å². The molecule has 6 nitrogen and oxygen atoms in total. The van der Waals surface area contributed by atoms with Crippen molar-refractivity contribution >= 4 is 39.4 Å². The number of ketones is 1. The van der Waals surface area contributed by atoms with Gasteiger partial charge in [-0.15, -0.1) is 11.3 Å². The lowest BCUT2D eigenvalue weighted by Crippen LogP contribution is -2.26. The number of nitrogens with two attached hydrogens (primary N) is 1. The normalized spacial score (nSPS) is 13.0. The molecule has 0 spiro atoms. The van der Waals surface area contributed by atoms with Gasteiger partial charge in [-0.3, -0.25) is 9.59 Å². The number of anilines is 3. The number of thiophene rings is 1. The number of carbonyl (C=O) groups excluding carboxylic acids is 2. The Bertz CT molecular complexity index is 1150. The minimum absolute atomic E-state index is 0.182. The molecule has 31 heavy (non-hydrogen) atoms. The summed E-state index contributed by atoms with van der Waals surface area (Å²) in [6, 6.07) is 13.0. The summed E-state index contributed by atoms with van der Waals surface area (Å²) in [4.78, 5) is 26.5. The molecular weight excluding hydrogens is 410 g/mol. The summed E-state index contributed by atoms with van der Waals surface area (Å²) in [5.41, 5.74) is 10.5. The Kier molecular flexibility index (Phi) is 5.69. The maximum Gasteiger partial charge on any atom is 0.256 e. The molecule has 2 aromatic carbocycles. The summed E-state index contributed by atoms with van der Waals surface area (Å²) in [6.45, 7) is 4.07. The first-order valence-electron chi connectivity index (χ1n) is 10.1. The first-order valence-corrected chi connectivity index (χ1v) is 10.9. The predicted octanol–water partition coefficient (Wildman–Crippen LogP) is 4.82. The molecule has 1 saturated carbocycles. The predicted molar refractivity (Wildman–Crippen MR) is 125 cm³/mol. The van der Waals surface area contributed by atoms with E-state index < -0.39 is 0 Å². The smallest absolute Gasteiger partial charge is 0.256 e. The van der Waals surface area contributed by atoms with Crippen molar-refractivity contribution in [1.82, 2.24) is 5.32 Å². The second-order valence-corrected chi connectivity index (χ2v) is 8.80. The van der Waals surface area contributed by atoms with Crippen LogP contribution in [0.4, 0.5) is 16.4 Å². The van der Waals surface area contributed by atoms with Crippen molar-refractivity contribution in [3.63, 3.8) is 0 Å². The van der Waals surface area contributed by atoms with Crippen LogP contribution in [0.2, 0.25) is 0 Å². The fourth-order valence-corrected chi connectivity index (χ4v) is 4.34. The molecule has 0 unspecified atom stereocenters. The van der Waals surface area contributed by atoms with Crippen molar-refractivity contribution < 1.29 is 14.3 Å². The quantitative estimate of drug-likeness (QED) is 0.463. The van der Waals surface area contributed by atoms with Gasteiger partial charge in [0.25, 0.3) is 5.91 Å². The molecule has 1 aromatic heterocycles. The Hall–Kier alpha value is -3.32. The van der Waals surface area contributed by atoms with Crippen molar-refractivity contribution in [3.05, 3.63) is 69.6 Å². The third-order valence-corrected chi connectivity index (χ3v) is 6.53. The number of nitrogens with one attached hydrogen (secondary N) is 2. The van der Waals surface area contributed by atoms with E-state index in [1.165, 1.54) is 16.9 Å². The van der Waals surface area contributed by atoms with Gasteiger partial charge in [-0.1, -0.05) is 6.07 Å². The topological polar surface area (TPSA) is 93.4 Å². The lowest BCUT2D eigenvalue weighted by atomic mass is 10.1. The van der Waals surface area contributed by atoms with Crippen LogP contribution in [0.3, 0.4) is 0 Å². The number of benzene rings is 2. The van der Waals surface area contributed by atoms with Gasteiger partial charge < -0.3 is 21.1 Å². The van der Waals surface area contributed by atoms with E-state index in [9.17, 15) is 9.59 Å². The molecule has 0 bridgehead atoms. The Balaban J connectivity index is 1.72. The van der Waals surface area contributed by atoms with Crippen LogP contribution < -0.4 is 21.1 Å².